The summed E-state index contributed by atoms with van der Waals surface area (Å²) in [4.78, 5) is 36.8. The average molecular weight is 601 g/mol. The van der Waals surface area contributed by atoms with Crippen molar-refractivity contribution in [3.8, 4) is 11.1 Å². The Morgan fingerprint density at radius 1 is 1.07 bits per heavy atom. The zero-order valence-corrected chi connectivity index (χ0v) is 25.2. The Balaban J connectivity index is 1.64. The number of methoxy groups -OCH3 is 1. The first-order valence-corrected chi connectivity index (χ1v) is 15.0. The Morgan fingerprint density at radius 3 is 2.43 bits per heavy atom. The van der Waals surface area contributed by atoms with Gasteiger partial charge >= 0.3 is 11.9 Å². The Labute approximate surface area is 245 Å². The molecule has 3 aromatic rings. The van der Waals surface area contributed by atoms with E-state index in [9.17, 15) is 22.8 Å². The smallest absolute Gasteiger partial charge is 0.314 e. The Bertz CT molecular complexity index is 1580. The molecule has 0 unspecified atom stereocenters. The van der Waals surface area contributed by atoms with Crippen molar-refractivity contribution in [2.24, 2.45) is 5.41 Å². The van der Waals surface area contributed by atoms with Crippen molar-refractivity contribution >= 4 is 33.4 Å². The van der Waals surface area contributed by atoms with Crippen molar-refractivity contribution in [2.45, 2.75) is 51.0 Å². The fourth-order valence-electron chi connectivity index (χ4n) is 4.61. The van der Waals surface area contributed by atoms with Crippen LogP contribution >= 0.6 is 0 Å². The van der Waals surface area contributed by atoms with Gasteiger partial charge in [0.05, 0.1) is 34.5 Å². The number of piperidine rings is 1. The van der Waals surface area contributed by atoms with Crippen LogP contribution in [0.1, 0.15) is 49.5 Å². The third-order valence-electron chi connectivity index (χ3n) is 7.09. The molecule has 1 N–H and O–H groups in total. The third-order valence-corrected chi connectivity index (χ3v) is 9.03. The van der Waals surface area contributed by atoms with Crippen LogP contribution in [0.2, 0.25) is 0 Å². The molecule has 12 nitrogen and oxygen atoms in total. The second-order valence-corrected chi connectivity index (χ2v) is 12.9. The highest BCUT2D eigenvalue weighted by Gasteiger charge is 2.32. The first kappa shape index (κ1) is 31.1. The van der Waals surface area contributed by atoms with Gasteiger partial charge < -0.3 is 19.5 Å². The van der Waals surface area contributed by atoms with E-state index < -0.39 is 40.1 Å². The van der Waals surface area contributed by atoms with Crippen molar-refractivity contribution in [1.29, 1.82) is 0 Å². The number of amides is 1. The second kappa shape index (κ2) is 12.6. The van der Waals surface area contributed by atoms with Crippen LogP contribution in [-0.4, -0.2) is 80.3 Å². The van der Waals surface area contributed by atoms with Gasteiger partial charge in [-0.05, 0) is 63.4 Å². The normalized spacial score (nSPS) is 15.0. The molecule has 1 saturated heterocycles. The number of hydrogen-bond donors (Lipinski definition) is 1. The van der Waals surface area contributed by atoms with E-state index in [0.717, 1.165) is 0 Å². The van der Waals surface area contributed by atoms with Crippen LogP contribution < -0.4 is 5.32 Å². The summed E-state index contributed by atoms with van der Waals surface area (Å²) < 4.78 is 46.3. The Morgan fingerprint density at radius 2 is 1.79 bits per heavy atom. The predicted molar refractivity (Wildman–Crippen MR) is 153 cm³/mol. The topological polar surface area (TPSA) is 146 Å². The number of aromatic nitrogens is 2. The van der Waals surface area contributed by atoms with E-state index >= 15 is 0 Å². The number of hydrogen-bond acceptors (Lipinski definition) is 9. The number of pyridine rings is 1. The van der Waals surface area contributed by atoms with Crippen LogP contribution in [-0.2, 0) is 40.2 Å². The molecule has 1 fully saturated rings. The minimum absolute atomic E-state index is 0.00459. The van der Waals surface area contributed by atoms with Gasteiger partial charge in [-0.1, -0.05) is 6.07 Å². The number of nitrogens with zero attached hydrogens (tertiary/aromatic N) is 3. The molecule has 13 heteroatoms. The molecule has 42 heavy (non-hydrogen) atoms. The summed E-state index contributed by atoms with van der Waals surface area (Å²) >= 11 is 0. The highest BCUT2D eigenvalue weighted by atomic mass is 32.2. The second-order valence-electron chi connectivity index (χ2n) is 11.0. The average Bonchev–Trinajstić information content (AvgIpc) is 3.37. The molecule has 226 valence electrons. The van der Waals surface area contributed by atoms with Crippen molar-refractivity contribution in [3.63, 3.8) is 0 Å². The molecule has 0 saturated carbocycles. The van der Waals surface area contributed by atoms with Crippen molar-refractivity contribution in [2.75, 3.05) is 34.0 Å². The first-order chi connectivity index (χ1) is 19.8. The van der Waals surface area contributed by atoms with Gasteiger partial charge in [-0.3, -0.25) is 14.4 Å². The summed E-state index contributed by atoms with van der Waals surface area (Å²) in [5, 5.41) is 6.83. The van der Waals surface area contributed by atoms with E-state index in [4.69, 9.17) is 14.2 Å². The van der Waals surface area contributed by atoms with Gasteiger partial charge in [-0.2, -0.15) is 9.40 Å². The van der Waals surface area contributed by atoms with Crippen LogP contribution in [0.25, 0.3) is 16.6 Å². The van der Waals surface area contributed by atoms with E-state index in [1.54, 1.807) is 62.9 Å². The van der Waals surface area contributed by atoms with Crippen LogP contribution in [0, 0.1) is 5.41 Å². The molecule has 1 amide bonds. The molecule has 1 aliphatic heterocycles. The maximum Gasteiger partial charge on any atom is 0.314 e. The van der Waals surface area contributed by atoms with E-state index in [1.165, 1.54) is 23.6 Å². The van der Waals surface area contributed by atoms with Crippen LogP contribution in [0.5, 0.6) is 0 Å². The largest absolute Gasteiger partial charge is 0.428 e. The van der Waals surface area contributed by atoms with Crippen molar-refractivity contribution in [3.05, 3.63) is 53.9 Å². The number of benzene rings is 1. The number of rotatable bonds is 9. The van der Waals surface area contributed by atoms with Gasteiger partial charge in [0.25, 0.3) is 5.91 Å². The Kier molecular flexibility index (Phi) is 9.34. The van der Waals surface area contributed by atoms with Gasteiger partial charge in [-0.25, -0.2) is 12.9 Å². The van der Waals surface area contributed by atoms with Gasteiger partial charge in [0.2, 0.25) is 16.8 Å². The number of nitrogens with one attached hydrogen (secondary N) is 1. The Hall–Kier alpha value is -3.81. The lowest BCUT2D eigenvalue weighted by Crippen LogP contribution is -2.40. The summed E-state index contributed by atoms with van der Waals surface area (Å²) in [6, 6.07) is 8.03. The van der Waals surface area contributed by atoms with E-state index in [1.807, 2.05) is 0 Å². The molecular formula is C29H36N4O8S. The number of esters is 2. The van der Waals surface area contributed by atoms with Gasteiger partial charge in [0.1, 0.15) is 0 Å². The molecule has 0 radical (unpaired) electrons. The molecule has 0 atom stereocenters. The fraction of sp³-hybridized carbons (Fsp3) is 0.448. The van der Waals surface area contributed by atoms with E-state index in [0.29, 0.717) is 48.1 Å². The fourth-order valence-corrected chi connectivity index (χ4v) is 6.32. The molecule has 3 heterocycles. The highest BCUT2D eigenvalue weighted by Crippen LogP contribution is 2.33. The number of carbonyl (C=O) groups excluding carboxylic acids is 3. The number of sulfonamides is 1. The molecule has 0 aliphatic carbocycles. The third kappa shape index (κ3) is 6.80. The molecule has 1 aromatic carbocycles. The molecule has 4 rings (SSSR count). The zero-order chi connectivity index (χ0) is 30.7. The van der Waals surface area contributed by atoms with Crippen LogP contribution in [0.15, 0.2) is 47.6 Å². The maximum atomic E-state index is 13.9. The molecule has 2 aromatic heterocycles. The van der Waals surface area contributed by atoms with Crippen LogP contribution in [0.3, 0.4) is 0 Å². The zero-order valence-electron chi connectivity index (χ0n) is 24.4. The first-order valence-electron chi connectivity index (χ1n) is 13.5. The summed E-state index contributed by atoms with van der Waals surface area (Å²) in [7, 11) is -0.880. The van der Waals surface area contributed by atoms with Gasteiger partial charge in [-0.15, -0.1) is 0 Å². The lowest BCUT2D eigenvalue weighted by Gasteiger charge is -2.31. The van der Waals surface area contributed by atoms with E-state index in [-0.39, 0.29) is 23.0 Å². The minimum Gasteiger partial charge on any atom is -0.428 e. The predicted octanol–water partition coefficient (Wildman–Crippen LogP) is 2.79. The molecular weight excluding hydrogens is 564 g/mol. The van der Waals surface area contributed by atoms with Crippen molar-refractivity contribution in [1.82, 2.24) is 19.2 Å². The maximum absolute atomic E-state index is 13.9. The van der Waals surface area contributed by atoms with Gasteiger partial charge in [0.15, 0.2) is 0 Å². The molecule has 1 aliphatic rings. The summed E-state index contributed by atoms with van der Waals surface area (Å²) in [6.45, 7) is 5.17. The summed E-state index contributed by atoms with van der Waals surface area (Å²) in [6.07, 6.45) is 4.17. The lowest BCUT2D eigenvalue weighted by molar-refractivity contribution is -0.172. The minimum atomic E-state index is -3.97. The lowest BCUT2D eigenvalue weighted by atomic mass is 9.98. The molecule has 0 bridgehead atoms. The standard InChI is InChI=1S/C29H36N4O8S/c1-29(2,3)28(36)41-18-40-26(34)16-21-17-31-33-13-8-19(14-24(21)33)23-7-6-20(27(35)30-4)15-25(23)42(37,38)32-11-9-22(39-5)10-12-32/h6-8,13-15,17,22H,9-12,16,18H2,1-5H3,(H,30,35). The number of carbonyl (C=O) groups is 3. The SMILES string of the molecule is CNC(=O)c1ccc(-c2ccn3ncc(CC(=O)OCOC(=O)C(C)(C)C)c3c2)c(S(=O)(=O)N2CCC(OC)CC2)c1. The van der Waals surface area contributed by atoms with E-state index in [2.05, 4.69) is 10.4 Å². The van der Waals surface area contributed by atoms with Crippen LogP contribution in [0.4, 0.5) is 0 Å². The molecule has 0 spiro atoms. The number of ether oxygens (including phenoxy) is 3. The number of fused-ring (bicyclic) bond motifs is 1. The quantitative estimate of drug-likeness (QED) is 0.289. The highest BCUT2D eigenvalue weighted by molar-refractivity contribution is 7.89. The monoisotopic (exact) mass is 600 g/mol. The van der Waals surface area contributed by atoms with Crippen molar-refractivity contribution < 1.29 is 37.0 Å². The summed E-state index contributed by atoms with van der Waals surface area (Å²) in [5.41, 5.74) is 1.56. The van der Waals surface area contributed by atoms with Gasteiger partial charge in [0, 0.05) is 50.1 Å². The summed E-state index contributed by atoms with van der Waals surface area (Å²) in [5.74, 6) is -1.52.